The largest absolute Gasteiger partial charge is 0.394 e. The molecule has 17 nitrogen and oxygen atoms in total. The topological polar surface area (TPSA) is 254 Å². The van der Waals surface area contributed by atoms with Crippen molar-refractivity contribution in [2.75, 3.05) is 39.4 Å². The van der Waals surface area contributed by atoms with E-state index < -0.39 is 48.7 Å². The lowest BCUT2D eigenvalue weighted by Gasteiger charge is -2.42. The first-order valence-corrected chi connectivity index (χ1v) is 21.7. The van der Waals surface area contributed by atoms with Gasteiger partial charge in [0.15, 0.2) is 6.29 Å². The summed E-state index contributed by atoms with van der Waals surface area (Å²) >= 11 is 0. The molecule has 0 aromatic heterocycles. The lowest BCUT2D eigenvalue weighted by molar-refractivity contribution is -0.272. The highest BCUT2D eigenvalue weighted by Gasteiger charge is 2.45. The predicted octanol–water partition coefficient (Wildman–Crippen LogP) is 1.70. The van der Waals surface area contributed by atoms with Crippen LogP contribution in [0.25, 0.3) is 0 Å². The summed E-state index contributed by atoms with van der Waals surface area (Å²) in [6.07, 6.45) is -0.755. The van der Waals surface area contributed by atoms with Gasteiger partial charge in [-0.3, -0.25) is 28.8 Å². The van der Waals surface area contributed by atoms with Crippen LogP contribution >= 0.6 is 0 Å². The molecule has 0 bridgehead atoms. The number of hydrogen-bond donors (Lipinski definition) is 9. The molecule has 0 aromatic rings. The van der Waals surface area contributed by atoms with Crippen molar-refractivity contribution >= 4 is 35.4 Å². The third-order valence-electron chi connectivity index (χ3n) is 10.4. The van der Waals surface area contributed by atoms with E-state index in [1.54, 1.807) is 0 Å². The number of aliphatic hydroxyl groups excluding tert-OH is 3. The van der Waals surface area contributed by atoms with Crippen LogP contribution in [0.4, 0.5) is 0 Å². The average molecular weight is 843 g/mol. The van der Waals surface area contributed by atoms with Crippen molar-refractivity contribution in [2.45, 2.75) is 175 Å². The molecule has 1 fully saturated rings. The Bertz CT molecular complexity index is 1270. The molecule has 7 atom stereocenters. The molecular weight excluding hydrogens is 764 g/mol. The molecule has 0 radical (unpaired) electrons. The van der Waals surface area contributed by atoms with E-state index in [0.717, 1.165) is 19.3 Å². The zero-order valence-electron chi connectivity index (χ0n) is 37.1. The van der Waals surface area contributed by atoms with Gasteiger partial charge in [0.2, 0.25) is 35.4 Å². The van der Waals surface area contributed by atoms with E-state index in [1.807, 2.05) is 48.5 Å². The molecule has 342 valence electrons. The van der Waals surface area contributed by atoms with Gasteiger partial charge in [-0.05, 0) is 62.2 Å². The Morgan fingerprint density at radius 3 is 1.76 bits per heavy atom. The summed E-state index contributed by atoms with van der Waals surface area (Å²) in [7, 11) is 0. The molecule has 0 spiro atoms. The van der Waals surface area contributed by atoms with Crippen LogP contribution in [0, 0.1) is 17.3 Å². The van der Waals surface area contributed by atoms with Crippen LogP contribution in [-0.2, 0) is 38.2 Å². The van der Waals surface area contributed by atoms with Crippen LogP contribution < -0.4 is 31.9 Å². The van der Waals surface area contributed by atoms with Gasteiger partial charge in [0, 0.05) is 70.7 Å². The molecule has 0 aromatic carbocycles. The van der Waals surface area contributed by atoms with E-state index in [2.05, 4.69) is 31.9 Å². The summed E-state index contributed by atoms with van der Waals surface area (Å²) in [6.45, 7) is 16.7. The Morgan fingerprint density at radius 1 is 0.746 bits per heavy atom. The summed E-state index contributed by atoms with van der Waals surface area (Å²) in [5.74, 6) is -1.52. The van der Waals surface area contributed by atoms with Crippen molar-refractivity contribution in [1.29, 1.82) is 0 Å². The highest BCUT2D eigenvalue weighted by Crippen LogP contribution is 2.28. The fraction of sp³-hybridized carbons (Fsp3) is 0.857. The van der Waals surface area contributed by atoms with Crippen molar-refractivity contribution in [3.05, 3.63) is 0 Å². The number of ether oxygens (including phenoxy) is 2. The Kier molecular flexibility index (Phi) is 25.6. The van der Waals surface area contributed by atoms with Gasteiger partial charge < -0.3 is 56.7 Å². The molecule has 59 heavy (non-hydrogen) atoms. The predicted molar refractivity (Wildman–Crippen MR) is 223 cm³/mol. The number of hydrogen-bond acceptors (Lipinski definition) is 11. The maximum absolute atomic E-state index is 13.5. The third kappa shape index (κ3) is 22.7. The summed E-state index contributed by atoms with van der Waals surface area (Å²) in [4.78, 5) is 76.7. The van der Waals surface area contributed by atoms with Gasteiger partial charge in [-0.15, -0.1) is 0 Å². The van der Waals surface area contributed by atoms with Crippen LogP contribution in [0.3, 0.4) is 0 Å². The second-order valence-corrected chi connectivity index (χ2v) is 17.4. The molecular formula is C42H78N6O11. The first-order chi connectivity index (χ1) is 27.8. The van der Waals surface area contributed by atoms with Crippen molar-refractivity contribution in [2.24, 2.45) is 17.3 Å². The minimum Gasteiger partial charge on any atom is -0.394 e. The first kappa shape index (κ1) is 53.6. The molecule has 0 aliphatic carbocycles. The Hall–Kier alpha value is -3.38. The molecule has 6 amide bonds. The first-order valence-electron chi connectivity index (χ1n) is 21.7. The maximum atomic E-state index is 13.5. The standard InChI is InChI=1S/C42H78N6O11/c1-9-21-43-33(52)15-18-42(19-16-34(53)44-22-10-2,48-36(55)14-12-13-32(51)46-27-41(6,7)8)20-17-35(54)45-24-30(11-3)23-28(4)26-58-40-37(47-29(5)50)39(57)38(56)31(25-49)59-40/h28,30-31,37-40,49,56-57H,9-27H2,1-8H3,(H,43,52)(H,44,53)(H,45,54)(H,46,51)(H,47,50)(H,48,55)/t28?,30?,31?,37-,38?,39?,40?/m0/s1. The van der Waals surface area contributed by atoms with E-state index in [4.69, 9.17) is 9.47 Å². The number of nitrogens with one attached hydrogen (secondary N) is 6. The minimum atomic E-state index is -1.41. The molecule has 1 aliphatic rings. The summed E-state index contributed by atoms with van der Waals surface area (Å²) in [5, 5.41) is 47.8. The second-order valence-electron chi connectivity index (χ2n) is 17.4. The molecule has 1 heterocycles. The monoisotopic (exact) mass is 843 g/mol. The van der Waals surface area contributed by atoms with E-state index in [1.165, 1.54) is 6.92 Å². The van der Waals surface area contributed by atoms with Crippen LogP contribution in [0.2, 0.25) is 0 Å². The fourth-order valence-corrected chi connectivity index (χ4v) is 6.80. The van der Waals surface area contributed by atoms with Crippen molar-refractivity contribution in [3.63, 3.8) is 0 Å². The van der Waals surface area contributed by atoms with E-state index in [0.29, 0.717) is 39.0 Å². The number of rotatable bonds is 29. The van der Waals surface area contributed by atoms with Crippen molar-refractivity contribution in [1.82, 2.24) is 31.9 Å². The number of aliphatic hydroxyl groups is 3. The summed E-state index contributed by atoms with van der Waals surface area (Å²) < 4.78 is 11.6. The number of carbonyl (C=O) groups is 6. The van der Waals surface area contributed by atoms with Crippen LogP contribution in [0.15, 0.2) is 0 Å². The molecule has 9 N–H and O–H groups in total. The zero-order valence-corrected chi connectivity index (χ0v) is 37.1. The Labute approximate surface area is 352 Å². The van der Waals surface area contributed by atoms with Gasteiger partial charge in [0.25, 0.3) is 0 Å². The van der Waals surface area contributed by atoms with Gasteiger partial charge >= 0.3 is 0 Å². The maximum Gasteiger partial charge on any atom is 0.220 e. The van der Waals surface area contributed by atoms with Gasteiger partial charge in [-0.2, -0.15) is 0 Å². The van der Waals surface area contributed by atoms with Crippen molar-refractivity contribution in [3.8, 4) is 0 Å². The lowest BCUT2D eigenvalue weighted by Crippen LogP contribution is -2.64. The normalized spacial score (nSPS) is 20.5. The molecule has 6 unspecified atom stereocenters. The lowest BCUT2D eigenvalue weighted by atomic mass is 9.82. The molecule has 1 aliphatic heterocycles. The molecule has 1 saturated heterocycles. The molecule has 17 heteroatoms. The molecule has 1 rings (SSSR count). The van der Waals surface area contributed by atoms with Crippen LogP contribution in [0.1, 0.15) is 139 Å². The second kappa shape index (κ2) is 28.2. The van der Waals surface area contributed by atoms with E-state index in [-0.39, 0.29) is 105 Å². The minimum absolute atomic E-state index is 0.0293. The van der Waals surface area contributed by atoms with Gasteiger partial charge in [0.05, 0.1) is 13.2 Å². The highest BCUT2D eigenvalue weighted by atomic mass is 16.7. The number of carbonyl (C=O) groups excluding carboxylic acids is 6. The Balaban J connectivity index is 3.01. The molecule has 0 saturated carbocycles. The fourth-order valence-electron chi connectivity index (χ4n) is 6.80. The van der Waals surface area contributed by atoms with Crippen LogP contribution in [-0.4, -0.2) is 126 Å². The average Bonchev–Trinajstić information content (AvgIpc) is 3.18. The van der Waals surface area contributed by atoms with E-state index >= 15 is 0 Å². The quantitative estimate of drug-likeness (QED) is 0.0524. The number of amides is 6. The zero-order chi connectivity index (χ0) is 44.6. The SMILES string of the molecule is CCCNC(=O)CCC(CCC(=O)NCCC)(CCC(=O)NCC(CC)CC(C)COC1OC(CO)C(O)C(O)[C@@H]1NC(C)=O)NC(=O)CCCC(=O)NCC(C)(C)C. The highest BCUT2D eigenvalue weighted by molar-refractivity contribution is 5.81. The third-order valence-corrected chi connectivity index (χ3v) is 10.4. The smallest absolute Gasteiger partial charge is 0.220 e. The van der Waals surface area contributed by atoms with Gasteiger partial charge in [-0.25, -0.2) is 0 Å². The van der Waals surface area contributed by atoms with Crippen molar-refractivity contribution < 1.29 is 53.6 Å². The Morgan fingerprint density at radius 2 is 1.27 bits per heavy atom. The van der Waals surface area contributed by atoms with Gasteiger partial charge in [0.1, 0.15) is 24.4 Å². The van der Waals surface area contributed by atoms with E-state index in [9.17, 15) is 44.1 Å². The van der Waals surface area contributed by atoms with Gasteiger partial charge in [-0.1, -0.05) is 54.9 Å². The summed E-state index contributed by atoms with van der Waals surface area (Å²) in [6, 6.07) is -1.04. The summed E-state index contributed by atoms with van der Waals surface area (Å²) in [5.41, 5.74) is -1.12. The van der Waals surface area contributed by atoms with Crippen LogP contribution in [0.5, 0.6) is 0 Å².